The average Bonchev–Trinajstić information content (AvgIpc) is 2.82. The van der Waals surface area contributed by atoms with Crippen molar-refractivity contribution in [1.29, 1.82) is 0 Å². The Balaban J connectivity index is 1.81. The summed E-state index contributed by atoms with van der Waals surface area (Å²) in [7, 11) is 0. The molecule has 0 aromatic carbocycles. The normalized spacial score (nSPS) is 17.3. The van der Waals surface area contributed by atoms with Crippen LogP contribution in [0.25, 0.3) is 0 Å². The van der Waals surface area contributed by atoms with Crippen LogP contribution in [0.15, 0.2) is 11.7 Å². The molecule has 0 amide bonds. The van der Waals surface area contributed by atoms with E-state index >= 15 is 0 Å². The van der Waals surface area contributed by atoms with Gasteiger partial charge < -0.3 is 5.32 Å². The van der Waals surface area contributed by atoms with Gasteiger partial charge in [0.15, 0.2) is 0 Å². The minimum absolute atomic E-state index is 0.356. The largest absolute Gasteiger partial charge is 0.313 e. The van der Waals surface area contributed by atoms with Crippen molar-refractivity contribution in [2.45, 2.75) is 39.2 Å². The van der Waals surface area contributed by atoms with Crippen molar-refractivity contribution >= 4 is 11.3 Å². The van der Waals surface area contributed by atoms with Gasteiger partial charge in [0.2, 0.25) is 0 Å². The maximum absolute atomic E-state index is 4.11. The number of aromatic nitrogens is 1. The van der Waals surface area contributed by atoms with E-state index < -0.39 is 0 Å². The molecule has 0 aliphatic heterocycles. The molecule has 2 nitrogen and oxygen atoms in total. The highest BCUT2D eigenvalue weighted by atomic mass is 32.1. The van der Waals surface area contributed by atoms with E-state index in [1.54, 1.807) is 11.3 Å². The van der Waals surface area contributed by atoms with Gasteiger partial charge >= 0.3 is 0 Å². The first kappa shape index (κ1) is 10.1. The molecule has 0 saturated heterocycles. The van der Waals surface area contributed by atoms with E-state index in [1.165, 1.54) is 17.7 Å². The van der Waals surface area contributed by atoms with Crippen molar-refractivity contribution in [3.63, 3.8) is 0 Å². The lowest BCUT2D eigenvalue weighted by molar-refractivity contribution is 0.339. The first-order valence-corrected chi connectivity index (χ1v) is 6.14. The fraction of sp³-hybridized carbons (Fsp3) is 0.727. The van der Waals surface area contributed by atoms with E-state index in [1.807, 2.05) is 11.7 Å². The minimum Gasteiger partial charge on any atom is -0.313 e. The molecule has 1 heterocycles. The lowest BCUT2D eigenvalue weighted by Gasteiger charge is -2.24. The Kier molecular flexibility index (Phi) is 2.88. The van der Waals surface area contributed by atoms with Crippen LogP contribution >= 0.6 is 11.3 Å². The van der Waals surface area contributed by atoms with Gasteiger partial charge in [-0.15, -0.1) is 11.3 Å². The van der Waals surface area contributed by atoms with E-state index in [2.05, 4.69) is 24.1 Å². The van der Waals surface area contributed by atoms with E-state index in [-0.39, 0.29) is 0 Å². The number of hydrogen-bond acceptors (Lipinski definition) is 3. The zero-order valence-electron chi connectivity index (χ0n) is 8.92. The van der Waals surface area contributed by atoms with Crippen LogP contribution in [0.3, 0.4) is 0 Å². The molecule has 1 aromatic heterocycles. The SMILES string of the molecule is CC(C)(CNC1CC1)Cc1cncs1. The zero-order chi connectivity index (χ0) is 10.0. The van der Waals surface area contributed by atoms with Gasteiger partial charge in [0.1, 0.15) is 0 Å². The second kappa shape index (κ2) is 3.99. The summed E-state index contributed by atoms with van der Waals surface area (Å²) in [6, 6.07) is 0.815. The molecule has 1 aliphatic carbocycles. The highest BCUT2D eigenvalue weighted by Gasteiger charge is 2.25. The summed E-state index contributed by atoms with van der Waals surface area (Å²) < 4.78 is 0. The van der Waals surface area contributed by atoms with Gasteiger partial charge in [-0.3, -0.25) is 4.98 Å². The van der Waals surface area contributed by atoms with E-state index in [9.17, 15) is 0 Å². The highest BCUT2D eigenvalue weighted by molar-refractivity contribution is 7.09. The molecule has 3 heteroatoms. The molecule has 0 atom stereocenters. The molecule has 0 bridgehead atoms. The van der Waals surface area contributed by atoms with Gasteiger partial charge in [0.05, 0.1) is 5.51 Å². The van der Waals surface area contributed by atoms with Crippen LogP contribution in [-0.2, 0) is 6.42 Å². The molecule has 0 spiro atoms. The Hall–Kier alpha value is -0.410. The van der Waals surface area contributed by atoms with Crippen molar-refractivity contribution < 1.29 is 0 Å². The smallest absolute Gasteiger partial charge is 0.0794 e. The van der Waals surface area contributed by atoms with Crippen LogP contribution in [0.4, 0.5) is 0 Å². The summed E-state index contributed by atoms with van der Waals surface area (Å²) in [5, 5.41) is 3.59. The third-order valence-electron chi connectivity index (χ3n) is 2.58. The van der Waals surface area contributed by atoms with Gasteiger partial charge in [-0.2, -0.15) is 0 Å². The van der Waals surface area contributed by atoms with Crippen molar-refractivity contribution in [1.82, 2.24) is 10.3 Å². The third-order valence-corrected chi connectivity index (χ3v) is 3.36. The molecule has 1 aromatic rings. The number of thiazole rings is 1. The van der Waals surface area contributed by atoms with Gasteiger partial charge in [-0.25, -0.2) is 0 Å². The van der Waals surface area contributed by atoms with Crippen LogP contribution < -0.4 is 5.32 Å². The molecule has 1 N–H and O–H groups in total. The molecule has 1 saturated carbocycles. The Labute approximate surface area is 89.8 Å². The van der Waals surface area contributed by atoms with Gasteiger partial charge in [-0.1, -0.05) is 13.8 Å². The van der Waals surface area contributed by atoms with Crippen molar-refractivity contribution in [3.05, 3.63) is 16.6 Å². The Morgan fingerprint density at radius 2 is 2.36 bits per heavy atom. The van der Waals surface area contributed by atoms with Crippen molar-refractivity contribution in [3.8, 4) is 0 Å². The molecule has 1 fully saturated rings. The quantitative estimate of drug-likeness (QED) is 0.807. The summed E-state index contributed by atoms with van der Waals surface area (Å²) in [6.45, 7) is 5.76. The Morgan fingerprint density at radius 1 is 1.57 bits per heavy atom. The van der Waals surface area contributed by atoms with Crippen LogP contribution in [0.1, 0.15) is 31.6 Å². The lowest BCUT2D eigenvalue weighted by atomic mass is 9.89. The lowest BCUT2D eigenvalue weighted by Crippen LogP contribution is -2.32. The second-order valence-electron chi connectivity index (χ2n) is 4.96. The van der Waals surface area contributed by atoms with Crippen LogP contribution in [0.5, 0.6) is 0 Å². The molecule has 1 aliphatic rings. The minimum atomic E-state index is 0.356. The molecular weight excluding hydrogens is 192 g/mol. The van der Waals surface area contributed by atoms with Crippen LogP contribution in [-0.4, -0.2) is 17.6 Å². The number of hydrogen-bond donors (Lipinski definition) is 1. The standard InChI is InChI=1S/C11H18N2S/c1-11(2,7-13-9-3-4-9)5-10-6-12-8-14-10/h6,8-9,13H,3-5,7H2,1-2H3. The Bertz CT molecular complexity index is 275. The molecule has 0 radical (unpaired) electrons. The molecule has 2 rings (SSSR count). The van der Waals surface area contributed by atoms with Crippen LogP contribution in [0.2, 0.25) is 0 Å². The summed E-state index contributed by atoms with van der Waals surface area (Å²) in [4.78, 5) is 5.51. The molecular formula is C11H18N2S. The summed E-state index contributed by atoms with van der Waals surface area (Å²) in [5.41, 5.74) is 2.27. The Morgan fingerprint density at radius 3 is 2.93 bits per heavy atom. The first-order valence-electron chi connectivity index (χ1n) is 5.26. The summed E-state index contributed by atoms with van der Waals surface area (Å²) >= 11 is 1.76. The van der Waals surface area contributed by atoms with Crippen LogP contribution in [0, 0.1) is 5.41 Å². The zero-order valence-corrected chi connectivity index (χ0v) is 9.73. The number of nitrogens with zero attached hydrogens (tertiary/aromatic N) is 1. The van der Waals surface area contributed by atoms with E-state index in [0.29, 0.717) is 5.41 Å². The van der Waals surface area contributed by atoms with Gasteiger partial charge in [0.25, 0.3) is 0 Å². The number of nitrogens with one attached hydrogen (secondary N) is 1. The fourth-order valence-electron chi connectivity index (χ4n) is 1.57. The average molecular weight is 210 g/mol. The van der Waals surface area contributed by atoms with Gasteiger partial charge in [-0.05, 0) is 24.7 Å². The van der Waals surface area contributed by atoms with Crippen molar-refractivity contribution in [2.75, 3.05) is 6.54 Å². The highest BCUT2D eigenvalue weighted by Crippen LogP contribution is 2.25. The maximum atomic E-state index is 4.11. The first-order chi connectivity index (χ1) is 6.66. The number of rotatable bonds is 5. The predicted molar refractivity (Wildman–Crippen MR) is 60.6 cm³/mol. The van der Waals surface area contributed by atoms with Gasteiger partial charge in [0, 0.05) is 23.7 Å². The van der Waals surface area contributed by atoms with E-state index in [0.717, 1.165) is 19.0 Å². The summed E-state index contributed by atoms with van der Waals surface area (Å²) in [6.07, 6.45) is 5.87. The maximum Gasteiger partial charge on any atom is 0.0794 e. The molecule has 78 valence electrons. The second-order valence-corrected chi connectivity index (χ2v) is 5.93. The predicted octanol–water partition coefficient (Wildman–Crippen LogP) is 2.46. The fourth-order valence-corrected chi connectivity index (χ4v) is 2.42. The third kappa shape index (κ3) is 3.07. The topological polar surface area (TPSA) is 24.9 Å². The van der Waals surface area contributed by atoms with Crippen molar-refractivity contribution in [2.24, 2.45) is 5.41 Å². The summed E-state index contributed by atoms with van der Waals surface area (Å²) in [5.74, 6) is 0. The molecule has 14 heavy (non-hydrogen) atoms. The van der Waals surface area contributed by atoms with E-state index in [4.69, 9.17) is 0 Å². The molecule has 0 unspecified atom stereocenters. The monoisotopic (exact) mass is 210 g/mol.